The number of aromatic nitrogens is 1. The van der Waals surface area contributed by atoms with E-state index in [-0.39, 0.29) is 23.7 Å². The Bertz CT molecular complexity index is 619. The van der Waals surface area contributed by atoms with Crippen molar-refractivity contribution in [2.45, 2.75) is 31.2 Å². The summed E-state index contributed by atoms with van der Waals surface area (Å²) in [6, 6.07) is 5.23. The molecule has 3 rings (SSSR count). The Morgan fingerprint density at radius 3 is 3.14 bits per heavy atom. The molecule has 7 nitrogen and oxygen atoms in total. The minimum Gasteiger partial charge on any atom is -0.473 e. The van der Waals surface area contributed by atoms with Gasteiger partial charge in [0.15, 0.2) is 0 Å². The van der Waals surface area contributed by atoms with Crippen LogP contribution in [0.25, 0.3) is 0 Å². The highest BCUT2D eigenvalue weighted by Crippen LogP contribution is 2.42. The Kier molecular flexibility index (Phi) is 4.27. The molecule has 0 aromatic carbocycles. The van der Waals surface area contributed by atoms with Crippen molar-refractivity contribution < 1.29 is 19.6 Å². The molecule has 0 bridgehead atoms. The van der Waals surface area contributed by atoms with Crippen LogP contribution >= 0.6 is 0 Å². The Labute approximate surface area is 128 Å². The second kappa shape index (κ2) is 6.34. The molecule has 0 amide bonds. The molecule has 0 radical (unpaired) electrons. The van der Waals surface area contributed by atoms with Gasteiger partial charge in [-0.1, -0.05) is 5.16 Å². The maximum absolute atomic E-state index is 9.72. The Morgan fingerprint density at radius 2 is 2.36 bits per heavy atom. The van der Waals surface area contributed by atoms with E-state index in [0.29, 0.717) is 17.9 Å². The van der Waals surface area contributed by atoms with E-state index in [1.165, 1.54) is 6.21 Å². The largest absolute Gasteiger partial charge is 0.473 e. The van der Waals surface area contributed by atoms with Gasteiger partial charge in [0.2, 0.25) is 5.88 Å². The highest BCUT2D eigenvalue weighted by atomic mass is 16.5. The summed E-state index contributed by atoms with van der Waals surface area (Å²) in [5.41, 5.74) is 0.768. The van der Waals surface area contributed by atoms with Gasteiger partial charge in [-0.05, 0) is 43.1 Å². The smallest absolute Gasteiger partial charge is 0.457 e. The van der Waals surface area contributed by atoms with Crippen LogP contribution in [0.5, 0.6) is 5.88 Å². The van der Waals surface area contributed by atoms with E-state index in [9.17, 15) is 5.02 Å². The lowest BCUT2D eigenvalue weighted by Crippen LogP contribution is -2.31. The van der Waals surface area contributed by atoms with Gasteiger partial charge in [0.1, 0.15) is 17.7 Å². The molecule has 2 aliphatic rings. The predicted molar refractivity (Wildman–Crippen MR) is 77.8 cm³/mol. The summed E-state index contributed by atoms with van der Waals surface area (Å²) in [6.07, 6.45) is 3.51. The zero-order valence-electron chi connectivity index (χ0n) is 11.9. The number of nitrogens with zero attached hydrogens (tertiary/aromatic N) is 3. The highest BCUT2D eigenvalue weighted by Gasteiger charge is 2.44. The molecule has 1 saturated heterocycles. The van der Waals surface area contributed by atoms with Crippen LogP contribution in [0.15, 0.2) is 17.3 Å². The van der Waals surface area contributed by atoms with Crippen molar-refractivity contribution in [2.75, 3.05) is 6.61 Å². The van der Waals surface area contributed by atoms with Crippen molar-refractivity contribution in [1.29, 1.82) is 5.26 Å². The zero-order chi connectivity index (χ0) is 15.5. The van der Waals surface area contributed by atoms with Gasteiger partial charge in [0, 0.05) is 6.61 Å². The molecule has 3 atom stereocenters. The third-order valence-corrected chi connectivity index (χ3v) is 4.31. The molecule has 114 valence electrons. The van der Waals surface area contributed by atoms with Crippen molar-refractivity contribution in [1.82, 2.24) is 4.98 Å². The van der Waals surface area contributed by atoms with Crippen molar-refractivity contribution in [3.05, 3.63) is 23.4 Å². The summed E-state index contributed by atoms with van der Waals surface area (Å²) in [6.45, 7) is 0.543. The topological polar surface area (TPSA) is 108 Å². The molecule has 2 N–H and O–H groups in total. The average Bonchev–Trinajstić information content (AvgIpc) is 2.89. The molecule has 3 unspecified atom stereocenters. The lowest BCUT2D eigenvalue weighted by atomic mass is 9.62. The maximum Gasteiger partial charge on any atom is 0.457 e. The first kappa shape index (κ1) is 14.8. The molecule has 1 saturated carbocycles. The zero-order valence-corrected chi connectivity index (χ0v) is 11.9. The van der Waals surface area contributed by atoms with Gasteiger partial charge in [-0.2, -0.15) is 5.26 Å². The number of pyridine rings is 1. The summed E-state index contributed by atoms with van der Waals surface area (Å²) < 4.78 is 11.2. The molecule has 2 heterocycles. The summed E-state index contributed by atoms with van der Waals surface area (Å²) in [7, 11) is -0.664. The second-order valence-electron chi connectivity index (χ2n) is 5.65. The van der Waals surface area contributed by atoms with Crippen LogP contribution in [0.3, 0.4) is 0 Å². The molecule has 0 spiro atoms. The van der Waals surface area contributed by atoms with Crippen molar-refractivity contribution in [2.24, 2.45) is 11.1 Å². The van der Waals surface area contributed by atoms with E-state index < -0.39 is 7.12 Å². The summed E-state index contributed by atoms with van der Waals surface area (Å²) in [5.74, 6) is 0.709. The standard InChI is InChI=1S/C14H16BN3O4/c16-6-9-1-2-11(7-17-20)18-14(9)22-12-3-4-13-10(5-12)8-21-15(13)19/h1-2,7,10,12-13,19-20H,3-5,8H2/b17-7+. The van der Waals surface area contributed by atoms with Gasteiger partial charge in [0.25, 0.3) is 0 Å². The summed E-state index contributed by atoms with van der Waals surface area (Å²) in [5, 5.41) is 30.4. The average molecular weight is 301 g/mol. The minimum atomic E-state index is -0.664. The van der Waals surface area contributed by atoms with Crippen LogP contribution in [0.1, 0.15) is 30.5 Å². The molecule has 2 fully saturated rings. The monoisotopic (exact) mass is 301 g/mol. The predicted octanol–water partition coefficient (Wildman–Crippen LogP) is 1.19. The SMILES string of the molecule is N#Cc1ccc(/C=N/O)nc1OC1CCC2B(O)OCC2C1. The van der Waals surface area contributed by atoms with Crippen LogP contribution in [0.2, 0.25) is 5.82 Å². The minimum absolute atomic E-state index is 0.0592. The second-order valence-corrected chi connectivity index (χ2v) is 5.65. The number of oxime groups is 1. The van der Waals surface area contributed by atoms with Crippen LogP contribution in [-0.2, 0) is 4.65 Å². The summed E-state index contributed by atoms with van der Waals surface area (Å²) >= 11 is 0. The lowest BCUT2D eigenvalue weighted by Gasteiger charge is -2.30. The van der Waals surface area contributed by atoms with Gasteiger partial charge < -0.3 is 19.6 Å². The molecule has 1 aromatic heterocycles. The fourth-order valence-corrected chi connectivity index (χ4v) is 3.18. The maximum atomic E-state index is 9.72. The van der Waals surface area contributed by atoms with Crippen LogP contribution < -0.4 is 4.74 Å². The van der Waals surface area contributed by atoms with Crippen LogP contribution in [0, 0.1) is 17.2 Å². The number of ether oxygens (including phenoxy) is 1. The number of fused-ring (bicyclic) bond motifs is 1. The van der Waals surface area contributed by atoms with E-state index in [0.717, 1.165) is 19.3 Å². The van der Waals surface area contributed by atoms with Gasteiger partial charge in [0.05, 0.1) is 11.9 Å². The number of hydrogen-bond donors (Lipinski definition) is 2. The van der Waals surface area contributed by atoms with Crippen LogP contribution in [-0.4, -0.2) is 41.3 Å². The fourth-order valence-electron chi connectivity index (χ4n) is 3.18. The molecular weight excluding hydrogens is 285 g/mol. The van der Waals surface area contributed by atoms with E-state index in [1.54, 1.807) is 12.1 Å². The molecule has 1 aliphatic carbocycles. The van der Waals surface area contributed by atoms with Gasteiger partial charge in [-0.15, -0.1) is 0 Å². The van der Waals surface area contributed by atoms with E-state index in [1.807, 2.05) is 6.07 Å². The first-order chi connectivity index (χ1) is 10.7. The third-order valence-electron chi connectivity index (χ3n) is 4.31. The first-order valence-electron chi connectivity index (χ1n) is 7.26. The van der Waals surface area contributed by atoms with Crippen molar-refractivity contribution >= 4 is 13.3 Å². The Balaban J connectivity index is 1.73. The fraction of sp³-hybridized carbons (Fsp3) is 0.500. The summed E-state index contributed by atoms with van der Waals surface area (Å²) in [4.78, 5) is 4.19. The number of nitriles is 1. The van der Waals surface area contributed by atoms with E-state index in [4.69, 9.17) is 19.9 Å². The molecular formula is C14H16BN3O4. The van der Waals surface area contributed by atoms with Crippen molar-refractivity contribution in [3.8, 4) is 11.9 Å². The van der Waals surface area contributed by atoms with E-state index >= 15 is 0 Å². The van der Waals surface area contributed by atoms with Gasteiger partial charge >= 0.3 is 7.12 Å². The Morgan fingerprint density at radius 1 is 1.50 bits per heavy atom. The normalized spacial score (nSPS) is 27.6. The lowest BCUT2D eigenvalue weighted by molar-refractivity contribution is 0.114. The Hall–Kier alpha value is -2.11. The molecule has 22 heavy (non-hydrogen) atoms. The van der Waals surface area contributed by atoms with Crippen LogP contribution in [0.4, 0.5) is 0 Å². The number of rotatable bonds is 3. The van der Waals surface area contributed by atoms with Crippen molar-refractivity contribution in [3.63, 3.8) is 0 Å². The quantitative estimate of drug-likeness (QED) is 0.376. The number of hydrogen-bond acceptors (Lipinski definition) is 7. The molecule has 8 heteroatoms. The highest BCUT2D eigenvalue weighted by molar-refractivity contribution is 6.45. The first-order valence-corrected chi connectivity index (χ1v) is 7.26. The molecule has 1 aromatic rings. The van der Waals surface area contributed by atoms with Gasteiger partial charge in [-0.25, -0.2) is 4.98 Å². The van der Waals surface area contributed by atoms with E-state index in [2.05, 4.69) is 10.1 Å². The third kappa shape index (κ3) is 2.91. The molecule has 1 aliphatic heterocycles. The van der Waals surface area contributed by atoms with Gasteiger partial charge in [-0.3, -0.25) is 0 Å².